The summed E-state index contributed by atoms with van der Waals surface area (Å²) in [6, 6.07) is 4.10. The number of aromatic nitrogens is 1. The molecule has 7 heteroatoms. The first-order valence-electron chi connectivity index (χ1n) is 9.58. The van der Waals surface area contributed by atoms with Crippen LogP contribution < -0.4 is 5.32 Å². The number of hydrogen-bond donors (Lipinski definition) is 1. The van der Waals surface area contributed by atoms with Crippen molar-refractivity contribution in [2.45, 2.75) is 31.9 Å². The molecule has 0 radical (unpaired) electrons. The molecule has 2 fully saturated rings. The molecule has 4 rings (SSSR count). The first-order chi connectivity index (χ1) is 12.8. The Hall–Kier alpha value is -1.41. The summed E-state index contributed by atoms with van der Waals surface area (Å²) < 4.78 is 13.4. The molecule has 142 valence electrons. The summed E-state index contributed by atoms with van der Waals surface area (Å²) in [7, 11) is 0. The molecular weight excluding hydrogens is 350 g/mol. The molecule has 1 N–H and O–H groups in total. The molecule has 0 aliphatic carbocycles. The summed E-state index contributed by atoms with van der Waals surface area (Å²) in [5.74, 6) is 0.0115. The molecule has 2 saturated heterocycles. The van der Waals surface area contributed by atoms with E-state index in [9.17, 15) is 4.79 Å². The highest BCUT2D eigenvalue weighted by Crippen LogP contribution is 2.27. The third-order valence-electron chi connectivity index (χ3n) is 5.21. The van der Waals surface area contributed by atoms with Gasteiger partial charge in [0, 0.05) is 38.2 Å². The van der Waals surface area contributed by atoms with Gasteiger partial charge in [0.1, 0.15) is 10.5 Å². The molecule has 0 aromatic carbocycles. The molecular formula is C19H27N3O3S. The van der Waals surface area contributed by atoms with Crippen LogP contribution in [0.4, 0.5) is 0 Å². The number of ether oxygens (including phenoxy) is 2. The van der Waals surface area contributed by atoms with Gasteiger partial charge in [0.05, 0.1) is 25.9 Å². The van der Waals surface area contributed by atoms with Gasteiger partial charge < -0.3 is 19.4 Å². The van der Waals surface area contributed by atoms with Crippen LogP contribution in [-0.2, 0) is 16.0 Å². The van der Waals surface area contributed by atoms with E-state index in [0.29, 0.717) is 6.54 Å². The molecule has 2 aliphatic heterocycles. The normalized spacial score (nSPS) is 21.9. The zero-order valence-corrected chi connectivity index (χ0v) is 15.9. The van der Waals surface area contributed by atoms with Crippen LogP contribution >= 0.6 is 11.3 Å². The molecule has 2 aliphatic rings. The molecule has 1 atom stereocenters. The minimum absolute atomic E-state index is 0.0115. The number of thiophene rings is 1. The fourth-order valence-corrected chi connectivity index (χ4v) is 4.65. The maximum atomic E-state index is 12.8. The van der Waals surface area contributed by atoms with Crippen LogP contribution in [0, 0.1) is 0 Å². The number of morpholine rings is 1. The van der Waals surface area contributed by atoms with Gasteiger partial charge in [-0.3, -0.25) is 9.69 Å². The lowest BCUT2D eigenvalue weighted by Gasteiger charge is -2.26. The van der Waals surface area contributed by atoms with Crippen LogP contribution in [0.5, 0.6) is 0 Å². The van der Waals surface area contributed by atoms with Gasteiger partial charge in [0.25, 0.3) is 5.91 Å². The summed E-state index contributed by atoms with van der Waals surface area (Å²) in [5, 5.41) is 6.33. The fourth-order valence-electron chi connectivity index (χ4n) is 3.74. The summed E-state index contributed by atoms with van der Waals surface area (Å²) in [6.45, 7) is 6.59. The van der Waals surface area contributed by atoms with E-state index in [4.69, 9.17) is 9.47 Å². The monoisotopic (exact) mass is 377 g/mol. The maximum Gasteiger partial charge on any atom is 0.268 e. The first-order valence-corrected chi connectivity index (χ1v) is 10.5. The second-order valence-electron chi connectivity index (χ2n) is 7.02. The van der Waals surface area contributed by atoms with Crippen LogP contribution in [0.3, 0.4) is 0 Å². The van der Waals surface area contributed by atoms with E-state index in [2.05, 4.69) is 26.2 Å². The summed E-state index contributed by atoms with van der Waals surface area (Å²) >= 11 is 1.69. The molecule has 2 aromatic heterocycles. The van der Waals surface area contributed by atoms with Crippen LogP contribution in [0.2, 0.25) is 0 Å². The van der Waals surface area contributed by atoms with Gasteiger partial charge in [-0.15, -0.1) is 11.3 Å². The lowest BCUT2D eigenvalue weighted by molar-refractivity contribution is 0.00644. The van der Waals surface area contributed by atoms with E-state index in [1.54, 1.807) is 11.3 Å². The van der Waals surface area contributed by atoms with Gasteiger partial charge in [-0.05, 0) is 36.8 Å². The Labute approximate surface area is 158 Å². The zero-order chi connectivity index (χ0) is 17.8. The molecule has 0 bridgehead atoms. The Balaban J connectivity index is 1.41. The molecule has 4 heterocycles. The summed E-state index contributed by atoms with van der Waals surface area (Å²) in [4.78, 5) is 16.3. The van der Waals surface area contributed by atoms with E-state index in [1.807, 2.05) is 6.07 Å². The van der Waals surface area contributed by atoms with E-state index in [-0.39, 0.29) is 12.0 Å². The maximum absolute atomic E-state index is 12.8. The number of amides is 1. The lowest BCUT2D eigenvalue weighted by Crippen LogP contribution is -2.41. The molecule has 26 heavy (non-hydrogen) atoms. The second-order valence-corrected chi connectivity index (χ2v) is 7.91. The predicted octanol–water partition coefficient (Wildman–Crippen LogP) is 2.33. The lowest BCUT2D eigenvalue weighted by atomic mass is 10.1. The average Bonchev–Trinajstić information content (AvgIpc) is 3.26. The Kier molecular flexibility index (Phi) is 5.89. The quantitative estimate of drug-likeness (QED) is 0.840. The Morgan fingerprint density at radius 3 is 2.96 bits per heavy atom. The Morgan fingerprint density at radius 2 is 2.15 bits per heavy atom. The van der Waals surface area contributed by atoms with Crippen molar-refractivity contribution in [2.24, 2.45) is 0 Å². The van der Waals surface area contributed by atoms with Crippen molar-refractivity contribution in [1.82, 2.24) is 14.8 Å². The van der Waals surface area contributed by atoms with Crippen molar-refractivity contribution in [3.05, 3.63) is 23.2 Å². The standard InChI is InChI=1S/C19H27N3O3S/c23-18(20-5-6-21-7-10-24-11-8-21)17-13-15-4-12-26-19(15)22(17)14-16-3-1-2-9-25-16/h4,12-13,16H,1-3,5-11,14H2,(H,20,23). The number of carbonyl (C=O) groups is 1. The number of carbonyl (C=O) groups excluding carboxylic acids is 1. The minimum atomic E-state index is 0.0115. The highest BCUT2D eigenvalue weighted by Gasteiger charge is 2.21. The molecule has 2 aromatic rings. The third-order valence-corrected chi connectivity index (χ3v) is 6.16. The van der Waals surface area contributed by atoms with E-state index in [1.165, 1.54) is 6.42 Å². The number of hydrogen-bond acceptors (Lipinski definition) is 5. The number of nitrogens with zero attached hydrogens (tertiary/aromatic N) is 2. The van der Waals surface area contributed by atoms with Crippen molar-refractivity contribution in [2.75, 3.05) is 46.0 Å². The number of nitrogens with one attached hydrogen (secondary N) is 1. The third kappa shape index (κ3) is 4.11. The van der Waals surface area contributed by atoms with Crippen molar-refractivity contribution >= 4 is 27.5 Å². The molecule has 1 unspecified atom stereocenters. The van der Waals surface area contributed by atoms with Gasteiger partial charge in [-0.2, -0.15) is 0 Å². The molecule has 0 saturated carbocycles. The Bertz CT molecular complexity index is 730. The second kappa shape index (κ2) is 8.52. The largest absolute Gasteiger partial charge is 0.379 e. The fraction of sp³-hybridized carbons (Fsp3) is 0.632. The van der Waals surface area contributed by atoms with Gasteiger partial charge in [0.2, 0.25) is 0 Å². The molecule has 6 nitrogen and oxygen atoms in total. The van der Waals surface area contributed by atoms with E-state index >= 15 is 0 Å². The highest BCUT2D eigenvalue weighted by atomic mass is 32.1. The first kappa shape index (κ1) is 18.0. The SMILES string of the molecule is O=C(NCCN1CCOCC1)c1cc2ccsc2n1CC1CCCCO1. The van der Waals surface area contributed by atoms with Crippen LogP contribution in [0.25, 0.3) is 10.2 Å². The predicted molar refractivity (Wildman–Crippen MR) is 103 cm³/mol. The van der Waals surface area contributed by atoms with E-state index < -0.39 is 0 Å². The summed E-state index contributed by atoms with van der Waals surface area (Å²) in [6.07, 6.45) is 3.64. The van der Waals surface area contributed by atoms with Crippen molar-refractivity contribution in [3.63, 3.8) is 0 Å². The average molecular weight is 378 g/mol. The van der Waals surface area contributed by atoms with Crippen molar-refractivity contribution < 1.29 is 14.3 Å². The summed E-state index contributed by atoms with van der Waals surface area (Å²) in [5.41, 5.74) is 0.753. The van der Waals surface area contributed by atoms with Crippen LogP contribution in [-0.4, -0.2) is 67.5 Å². The van der Waals surface area contributed by atoms with Gasteiger partial charge in [-0.25, -0.2) is 0 Å². The van der Waals surface area contributed by atoms with Crippen LogP contribution in [0.15, 0.2) is 17.5 Å². The van der Waals surface area contributed by atoms with Gasteiger partial charge >= 0.3 is 0 Å². The smallest absolute Gasteiger partial charge is 0.268 e. The van der Waals surface area contributed by atoms with Gasteiger partial charge in [0.15, 0.2) is 0 Å². The highest BCUT2D eigenvalue weighted by molar-refractivity contribution is 7.16. The van der Waals surface area contributed by atoms with E-state index in [0.717, 1.165) is 74.8 Å². The van der Waals surface area contributed by atoms with Crippen LogP contribution in [0.1, 0.15) is 29.8 Å². The van der Waals surface area contributed by atoms with Crippen molar-refractivity contribution in [3.8, 4) is 0 Å². The Morgan fingerprint density at radius 1 is 1.27 bits per heavy atom. The number of rotatable bonds is 6. The zero-order valence-electron chi connectivity index (χ0n) is 15.1. The molecule has 0 spiro atoms. The minimum Gasteiger partial charge on any atom is -0.379 e. The number of fused-ring (bicyclic) bond motifs is 1. The topological polar surface area (TPSA) is 55.7 Å². The van der Waals surface area contributed by atoms with Crippen molar-refractivity contribution in [1.29, 1.82) is 0 Å². The molecule has 1 amide bonds. The van der Waals surface area contributed by atoms with Gasteiger partial charge in [-0.1, -0.05) is 0 Å².